The zero-order chi connectivity index (χ0) is 13.4. The van der Waals surface area contributed by atoms with Crippen molar-refractivity contribution >= 4 is 15.9 Å². The average molecular weight is 313 g/mol. The van der Waals surface area contributed by atoms with E-state index in [-0.39, 0.29) is 0 Å². The summed E-state index contributed by atoms with van der Waals surface area (Å²) in [6, 6.07) is 6.54. The molecule has 0 spiro atoms. The lowest BCUT2D eigenvalue weighted by Crippen LogP contribution is -2.24. The van der Waals surface area contributed by atoms with Crippen molar-refractivity contribution in [2.75, 3.05) is 19.6 Å². The second kappa shape index (κ2) is 8.68. The molecule has 1 aromatic carbocycles. The van der Waals surface area contributed by atoms with Crippen LogP contribution in [0.1, 0.15) is 31.4 Å². The summed E-state index contributed by atoms with van der Waals surface area (Å²) in [4.78, 5) is 0. The van der Waals surface area contributed by atoms with Crippen molar-refractivity contribution in [3.63, 3.8) is 0 Å². The molecule has 0 saturated heterocycles. The van der Waals surface area contributed by atoms with E-state index in [4.69, 9.17) is 0 Å². The van der Waals surface area contributed by atoms with Crippen LogP contribution >= 0.6 is 15.9 Å². The van der Waals surface area contributed by atoms with Gasteiger partial charge in [0.1, 0.15) is 0 Å². The van der Waals surface area contributed by atoms with E-state index in [1.165, 1.54) is 22.0 Å². The Balaban J connectivity index is 2.09. The van der Waals surface area contributed by atoms with Crippen LogP contribution in [-0.4, -0.2) is 19.6 Å². The summed E-state index contributed by atoms with van der Waals surface area (Å²) in [5.74, 6) is 0.739. The molecule has 0 aromatic heterocycles. The van der Waals surface area contributed by atoms with E-state index in [0.717, 1.165) is 32.1 Å². The third-order valence-corrected chi connectivity index (χ3v) is 3.68. The van der Waals surface area contributed by atoms with Gasteiger partial charge in [0.25, 0.3) is 0 Å². The molecule has 0 saturated carbocycles. The van der Waals surface area contributed by atoms with E-state index in [2.05, 4.69) is 65.5 Å². The van der Waals surface area contributed by atoms with Crippen molar-refractivity contribution in [3.8, 4) is 0 Å². The largest absolute Gasteiger partial charge is 0.316 e. The highest BCUT2D eigenvalue weighted by Crippen LogP contribution is 2.17. The average Bonchev–Trinajstić information content (AvgIpc) is 2.32. The van der Waals surface area contributed by atoms with E-state index in [0.29, 0.717) is 0 Å². The highest BCUT2D eigenvalue weighted by atomic mass is 79.9. The van der Waals surface area contributed by atoms with Crippen LogP contribution in [0, 0.1) is 12.8 Å². The van der Waals surface area contributed by atoms with Gasteiger partial charge in [0.2, 0.25) is 0 Å². The first-order valence-electron chi connectivity index (χ1n) is 6.76. The molecule has 1 aromatic rings. The predicted octanol–water partition coefficient (Wildman–Crippen LogP) is 3.48. The number of nitrogens with one attached hydrogen (secondary N) is 2. The Morgan fingerprint density at radius 2 is 1.89 bits per heavy atom. The molecule has 0 bridgehead atoms. The molecular weight excluding hydrogens is 288 g/mol. The van der Waals surface area contributed by atoms with Crippen molar-refractivity contribution in [2.45, 2.75) is 33.7 Å². The molecule has 0 aliphatic heterocycles. The maximum Gasteiger partial charge on any atom is 0.0207 e. The van der Waals surface area contributed by atoms with Gasteiger partial charge in [0.05, 0.1) is 0 Å². The monoisotopic (exact) mass is 312 g/mol. The van der Waals surface area contributed by atoms with E-state index < -0.39 is 0 Å². The fourth-order valence-electron chi connectivity index (χ4n) is 1.71. The molecule has 0 atom stereocenters. The van der Waals surface area contributed by atoms with Gasteiger partial charge in [-0.1, -0.05) is 41.9 Å². The van der Waals surface area contributed by atoms with Gasteiger partial charge >= 0.3 is 0 Å². The van der Waals surface area contributed by atoms with Crippen LogP contribution in [0.5, 0.6) is 0 Å². The molecule has 0 heterocycles. The molecule has 18 heavy (non-hydrogen) atoms. The predicted molar refractivity (Wildman–Crippen MR) is 82.9 cm³/mol. The van der Waals surface area contributed by atoms with Crippen LogP contribution < -0.4 is 10.6 Å². The second-order valence-corrected chi connectivity index (χ2v) is 6.07. The molecule has 0 aliphatic carbocycles. The third-order valence-electron chi connectivity index (χ3n) is 2.83. The van der Waals surface area contributed by atoms with Crippen LogP contribution in [0.2, 0.25) is 0 Å². The van der Waals surface area contributed by atoms with Gasteiger partial charge in [-0.25, -0.2) is 0 Å². The zero-order valence-corrected chi connectivity index (χ0v) is 13.3. The number of halogens is 1. The molecule has 2 nitrogen and oxygen atoms in total. The Hall–Kier alpha value is -0.380. The van der Waals surface area contributed by atoms with Crippen LogP contribution in [0.25, 0.3) is 0 Å². The van der Waals surface area contributed by atoms with Gasteiger partial charge in [-0.05, 0) is 56.1 Å². The number of hydrogen-bond donors (Lipinski definition) is 2. The summed E-state index contributed by atoms with van der Waals surface area (Å²) in [5, 5.41) is 6.93. The fraction of sp³-hybridized carbons (Fsp3) is 0.600. The Bertz CT molecular complexity index is 350. The fourth-order valence-corrected chi connectivity index (χ4v) is 2.13. The van der Waals surface area contributed by atoms with Crippen molar-refractivity contribution < 1.29 is 0 Å². The normalized spacial score (nSPS) is 11.2. The van der Waals surface area contributed by atoms with E-state index in [1.54, 1.807) is 0 Å². The Kier molecular flexibility index (Phi) is 7.56. The lowest BCUT2D eigenvalue weighted by atomic mass is 10.1. The summed E-state index contributed by atoms with van der Waals surface area (Å²) in [6.07, 6.45) is 1.18. The number of rotatable bonds is 8. The van der Waals surface area contributed by atoms with Gasteiger partial charge in [-0.3, -0.25) is 0 Å². The van der Waals surface area contributed by atoms with E-state index in [9.17, 15) is 0 Å². The molecule has 102 valence electrons. The molecule has 0 radical (unpaired) electrons. The summed E-state index contributed by atoms with van der Waals surface area (Å²) >= 11 is 3.56. The molecule has 1 rings (SSSR count). The summed E-state index contributed by atoms with van der Waals surface area (Å²) in [5.41, 5.74) is 2.62. The molecular formula is C15H25BrN2. The van der Waals surface area contributed by atoms with Crippen molar-refractivity contribution in [3.05, 3.63) is 33.8 Å². The van der Waals surface area contributed by atoms with Crippen LogP contribution in [0.15, 0.2) is 22.7 Å². The zero-order valence-electron chi connectivity index (χ0n) is 11.7. The lowest BCUT2D eigenvalue weighted by Gasteiger charge is -2.08. The van der Waals surface area contributed by atoms with Crippen molar-refractivity contribution in [1.82, 2.24) is 10.6 Å². The van der Waals surface area contributed by atoms with Gasteiger partial charge in [0, 0.05) is 11.0 Å². The number of aryl methyl sites for hydroxylation is 1. The highest BCUT2D eigenvalue weighted by Gasteiger charge is 1.97. The minimum atomic E-state index is 0.739. The minimum absolute atomic E-state index is 0.739. The van der Waals surface area contributed by atoms with Gasteiger partial charge in [0.15, 0.2) is 0 Å². The SMILES string of the molecule is Cc1ccc(CNCCCNCC(C)C)cc1Br. The smallest absolute Gasteiger partial charge is 0.0207 e. The van der Waals surface area contributed by atoms with Crippen LogP contribution in [-0.2, 0) is 6.54 Å². The highest BCUT2D eigenvalue weighted by molar-refractivity contribution is 9.10. The summed E-state index contributed by atoms with van der Waals surface area (Å²) in [6.45, 7) is 10.8. The van der Waals surface area contributed by atoms with Crippen LogP contribution in [0.4, 0.5) is 0 Å². The minimum Gasteiger partial charge on any atom is -0.316 e. The quantitative estimate of drug-likeness (QED) is 0.718. The molecule has 0 amide bonds. The standard InChI is InChI=1S/C15H25BrN2/c1-12(2)10-17-7-4-8-18-11-14-6-5-13(3)15(16)9-14/h5-6,9,12,17-18H,4,7-8,10-11H2,1-3H3. The maximum absolute atomic E-state index is 3.56. The number of benzene rings is 1. The molecule has 0 fully saturated rings. The van der Waals surface area contributed by atoms with E-state index in [1.807, 2.05) is 0 Å². The second-order valence-electron chi connectivity index (χ2n) is 5.21. The Labute approximate surface area is 120 Å². The summed E-state index contributed by atoms with van der Waals surface area (Å²) in [7, 11) is 0. The topological polar surface area (TPSA) is 24.1 Å². The van der Waals surface area contributed by atoms with E-state index >= 15 is 0 Å². The molecule has 3 heteroatoms. The first-order valence-corrected chi connectivity index (χ1v) is 7.55. The molecule has 2 N–H and O–H groups in total. The number of hydrogen-bond acceptors (Lipinski definition) is 2. The Morgan fingerprint density at radius 1 is 1.17 bits per heavy atom. The van der Waals surface area contributed by atoms with Gasteiger partial charge < -0.3 is 10.6 Å². The van der Waals surface area contributed by atoms with Crippen LogP contribution in [0.3, 0.4) is 0 Å². The first kappa shape index (κ1) is 15.7. The van der Waals surface area contributed by atoms with Gasteiger partial charge in [-0.2, -0.15) is 0 Å². The first-order chi connectivity index (χ1) is 8.59. The van der Waals surface area contributed by atoms with Crippen molar-refractivity contribution in [2.24, 2.45) is 5.92 Å². The molecule has 0 aliphatic rings. The van der Waals surface area contributed by atoms with Crippen molar-refractivity contribution in [1.29, 1.82) is 0 Å². The maximum atomic E-state index is 3.56. The third kappa shape index (κ3) is 6.53. The summed E-state index contributed by atoms with van der Waals surface area (Å²) < 4.78 is 1.19. The van der Waals surface area contributed by atoms with Gasteiger partial charge in [-0.15, -0.1) is 0 Å². The lowest BCUT2D eigenvalue weighted by molar-refractivity contribution is 0.530. The Morgan fingerprint density at radius 3 is 2.56 bits per heavy atom. The molecule has 0 unspecified atom stereocenters.